The van der Waals surface area contributed by atoms with E-state index in [0.29, 0.717) is 5.92 Å². The molecule has 0 amide bonds. The SMILES string of the molecule is Fc1cccc([C@]23CCCC[C@H]2CN(CCc2ccccc2)CC3)c1. The van der Waals surface area contributed by atoms with Gasteiger partial charge in [-0.25, -0.2) is 4.39 Å². The van der Waals surface area contributed by atoms with Crippen LogP contribution in [0.2, 0.25) is 0 Å². The number of benzene rings is 2. The zero-order valence-electron chi connectivity index (χ0n) is 15.0. The van der Waals surface area contributed by atoms with Crippen molar-refractivity contribution in [2.24, 2.45) is 5.92 Å². The topological polar surface area (TPSA) is 3.24 Å². The second kappa shape index (κ2) is 7.29. The normalized spacial score (nSPS) is 27.0. The Hall–Kier alpha value is -1.67. The van der Waals surface area contributed by atoms with E-state index in [1.165, 1.54) is 49.8 Å². The Morgan fingerprint density at radius 1 is 1.00 bits per heavy atom. The first kappa shape index (κ1) is 16.8. The van der Waals surface area contributed by atoms with Crippen molar-refractivity contribution in [2.75, 3.05) is 19.6 Å². The molecule has 0 unspecified atom stereocenters. The van der Waals surface area contributed by atoms with Crippen LogP contribution >= 0.6 is 0 Å². The molecule has 0 radical (unpaired) electrons. The van der Waals surface area contributed by atoms with Crippen LogP contribution < -0.4 is 0 Å². The van der Waals surface area contributed by atoms with Crippen LogP contribution in [0.1, 0.15) is 43.2 Å². The summed E-state index contributed by atoms with van der Waals surface area (Å²) in [5, 5.41) is 0. The predicted octanol–water partition coefficient (Wildman–Crippen LogP) is 5.20. The van der Waals surface area contributed by atoms with E-state index in [0.717, 1.165) is 19.5 Å². The molecule has 1 heterocycles. The number of hydrogen-bond acceptors (Lipinski definition) is 1. The van der Waals surface area contributed by atoms with Crippen molar-refractivity contribution in [1.29, 1.82) is 0 Å². The van der Waals surface area contributed by atoms with Gasteiger partial charge in [0.2, 0.25) is 0 Å². The largest absolute Gasteiger partial charge is 0.303 e. The summed E-state index contributed by atoms with van der Waals surface area (Å²) in [6, 6.07) is 18.2. The zero-order valence-corrected chi connectivity index (χ0v) is 15.0. The molecule has 0 N–H and O–H groups in total. The van der Waals surface area contributed by atoms with Gasteiger partial charge >= 0.3 is 0 Å². The third-order valence-electron chi connectivity index (χ3n) is 6.52. The van der Waals surface area contributed by atoms with Crippen LogP contribution in [0, 0.1) is 11.7 Å². The van der Waals surface area contributed by atoms with Gasteiger partial charge in [-0.05, 0) is 61.4 Å². The Labute approximate surface area is 150 Å². The third-order valence-corrected chi connectivity index (χ3v) is 6.52. The number of halogens is 1. The highest BCUT2D eigenvalue weighted by atomic mass is 19.1. The van der Waals surface area contributed by atoms with Crippen molar-refractivity contribution in [3.8, 4) is 0 Å². The summed E-state index contributed by atoms with van der Waals surface area (Å²) in [5.41, 5.74) is 2.89. The maximum absolute atomic E-state index is 13.9. The Morgan fingerprint density at radius 3 is 2.72 bits per heavy atom. The molecule has 1 saturated carbocycles. The number of nitrogens with zero attached hydrogens (tertiary/aromatic N) is 1. The second-order valence-electron chi connectivity index (χ2n) is 7.90. The first-order chi connectivity index (χ1) is 12.3. The van der Waals surface area contributed by atoms with Crippen LogP contribution in [0.3, 0.4) is 0 Å². The smallest absolute Gasteiger partial charge is 0.123 e. The molecule has 1 aliphatic heterocycles. The second-order valence-corrected chi connectivity index (χ2v) is 7.90. The quantitative estimate of drug-likeness (QED) is 0.741. The van der Waals surface area contributed by atoms with Gasteiger partial charge in [0.15, 0.2) is 0 Å². The van der Waals surface area contributed by atoms with Crippen molar-refractivity contribution in [2.45, 2.75) is 43.9 Å². The maximum atomic E-state index is 13.9. The summed E-state index contributed by atoms with van der Waals surface area (Å²) in [5.74, 6) is 0.593. The van der Waals surface area contributed by atoms with Gasteiger partial charge in [0.1, 0.15) is 5.82 Å². The Bertz CT molecular complexity index is 698. The van der Waals surface area contributed by atoms with E-state index in [1.807, 2.05) is 6.07 Å². The average Bonchev–Trinajstić information content (AvgIpc) is 2.67. The lowest BCUT2D eigenvalue weighted by Crippen LogP contribution is -2.51. The molecule has 2 aromatic carbocycles. The Balaban J connectivity index is 1.48. The van der Waals surface area contributed by atoms with Crippen LogP contribution in [-0.2, 0) is 11.8 Å². The standard InChI is InChI=1S/C23H28FN/c24-22-11-6-10-20(17-22)23-13-5-4-9-21(23)18-25(16-14-23)15-12-19-7-2-1-3-8-19/h1-3,6-8,10-11,17,21H,4-5,9,12-16,18H2/t21-,23+/m0/s1. The molecule has 1 aliphatic carbocycles. The summed E-state index contributed by atoms with van der Waals surface area (Å²) in [6.45, 7) is 3.45. The van der Waals surface area contributed by atoms with E-state index in [4.69, 9.17) is 0 Å². The molecular weight excluding hydrogens is 309 g/mol. The van der Waals surface area contributed by atoms with Gasteiger partial charge in [-0.1, -0.05) is 55.3 Å². The lowest BCUT2D eigenvalue weighted by atomic mass is 9.59. The van der Waals surface area contributed by atoms with Crippen molar-refractivity contribution in [1.82, 2.24) is 4.90 Å². The Kier molecular flexibility index (Phi) is 4.89. The Morgan fingerprint density at radius 2 is 1.88 bits per heavy atom. The average molecular weight is 337 g/mol. The van der Waals surface area contributed by atoms with Gasteiger partial charge in [0.05, 0.1) is 0 Å². The highest BCUT2D eigenvalue weighted by molar-refractivity contribution is 5.29. The molecular formula is C23H28FN. The van der Waals surface area contributed by atoms with Gasteiger partial charge in [-0.2, -0.15) is 0 Å². The van der Waals surface area contributed by atoms with Gasteiger partial charge in [0, 0.05) is 18.5 Å². The van der Waals surface area contributed by atoms with E-state index >= 15 is 0 Å². The lowest BCUT2D eigenvalue weighted by Gasteiger charge is -2.51. The van der Waals surface area contributed by atoms with Crippen LogP contribution in [0.15, 0.2) is 54.6 Å². The van der Waals surface area contributed by atoms with Crippen molar-refractivity contribution in [3.63, 3.8) is 0 Å². The van der Waals surface area contributed by atoms with Crippen LogP contribution in [0.5, 0.6) is 0 Å². The number of hydrogen-bond donors (Lipinski definition) is 0. The summed E-state index contributed by atoms with van der Waals surface area (Å²) >= 11 is 0. The number of likely N-dealkylation sites (tertiary alicyclic amines) is 1. The van der Waals surface area contributed by atoms with E-state index in [-0.39, 0.29) is 11.2 Å². The summed E-state index contributed by atoms with van der Waals surface area (Å²) in [6.07, 6.45) is 7.44. The fraction of sp³-hybridized carbons (Fsp3) is 0.478. The molecule has 4 rings (SSSR count). The minimum absolute atomic E-state index is 0.0808. The molecule has 2 fully saturated rings. The van der Waals surface area contributed by atoms with Crippen LogP contribution in [0.4, 0.5) is 4.39 Å². The van der Waals surface area contributed by atoms with E-state index in [1.54, 1.807) is 12.1 Å². The molecule has 2 heteroatoms. The summed E-state index contributed by atoms with van der Waals surface area (Å²) in [7, 11) is 0. The number of fused-ring (bicyclic) bond motifs is 1. The highest BCUT2D eigenvalue weighted by Gasteiger charge is 2.45. The van der Waals surface area contributed by atoms with E-state index in [9.17, 15) is 4.39 Å². The van der Waals surface area contributed by atoms with Crippen molar-refractivity contribution in [3.05, 3.63) is 71.5 Å². The summed E-state index contributed by atoms with van der Waals surface area (Å²) in [4.78, 5) is 2.64. The van der Waals surface area contributed by atoms with Gasteiger partial charge in [0.25, 0.3) is 0 Å². The molecule has 0 bridgehead atoms. The third kappa shape index (κ3) is 3.50. The molecule has 0 spiro atoms. The molecule has 1 nitrogen and oxygen atoms in total. The fourth-order valence-corrected chi connectivity index (χ4v) is 5.12. The molecule has 1 saturated heterocycles. The minimum Gasteiger partial charge on any atom is -0.303 e. The van der Waals surface area contributed by atoms with Crippen molar-refractivity contribution < 1.29 is 4.39 Å². The molecule has 0 aromatic heterocycles. The maximum Gasteiger partial charge on any atom is 0.123 e. The fourth-order valence-electron chi connectivity index (χ4n) is 5.12. The zero-order chi connectivity index (χ0) is 17.1. The molecule has 2 aromatic rings. The number of piperidine rings is 1. The first-order valence-corrected chi connectivity index (χ1v) is 9.79. The molecule has 2 aliphatic rings. The molecule has 2 atom stereocenters. The lowest BCUT2D eigenvalue weighted by molar-refractivity contribution is 0.0568. The minimum atomic E-state index is -0.0808. The van der Waals surface area contributed by atoms with Gasteiger partial charge in [-0.3, -0.25) is 0 Å². The summed E-state index contributed by atoms with van der Waals surface area (Å²) < 4.78 is 13.9. The monoisotopic (exact) mass is 337 g/mol. The van der Waals surface area contributed by atoms with Gasteiger partial charge < -0.3 is 4.90 Å². The molecule has 25 heavy (non-hydrogen) atoms. The molecule has 132 valence electrons. The van der Waals surface area contributed by atoms with Crippen LogP contribution in [0.25, 0.3) is 0 Å². The highest BCUT2D eigenvalue weighted by Crippen LogP contribution is 2.49. The van der Waals surface area contributed by atoms with Crippen molar-refractivity contribution >= 4 is 0 Å². The predicted molar refractivity (Wildman–Crippen MR) is 101 cm³/mol. The first-order valence-electron chi connectivity index (χ1n) is 9.79. The van der Waals surface area contributed by atoms with E-state index in [2.05, 4.69) is 41.3 Å². The number of rotatable bonds is 4. The van der Waals surface area contributed by atoms with Gasteiger partial charge in [-0.15, -0.1) is 0 Å². The van der Waals surface area contributed by atoms with E-state index < -0.39 is 0 Å². The van der Waals surface area contributed by atoms with Crippen LogP contribution in [-0.4, -0.2) is 24.5 Å².